The second kappa shape index (κ2) is 8.44. The van der Waals surface area contributed by atoms with Gasteiger partial charge in [0.2, 0.25) is 5.91 Å². The standard InChI is InChI=1S/C21H23ClN4O2/c1-21(14-24-18(27)11-10-15-6-3-2-4-7-15)19(28)26(20(23)25-21)13-16-8-5-9-17(22)12-16/h2-9,12H,10-11,13-14H2,1H3,(H2,23,25)(H,24,27). The number of hydrogen-bond acceptors (Lipinski definition) is 3. The molecule has 1 aliphatic heterocycles. The van der Waals surface area contributed by atoms with Gasteiger partial charge in [0.1, 0.15) is 5.54 Å². The van der Waals surface area contributed by atoms with Crippen molar-refractivity contribution in [2.45, 2.75) is 31.8 Å². The van der Waals surface area contributed by atoms with Crippen molar-refractivity contribution < 1.29 is 9.59 Å². The van der Waals surface area contributed by atoms with Crippen molar-refractivity contribution in [2.75, 3.05) is 6.54 Å². The van der Waals surface area contributed by atoms with Gasteiger partial charge in [0.15, 0.2) is 5.96 Å². The number of rotatable bonds is 7. The summed E-state index contributed by atoms with van der Waals surface area (Å²) in [6, 6.07) is 17.0. The Labute approximate surface area is 169 Å². The fourth-order valence-electron chi connectivity index (χ4n) is 3.14. The third-order valence-electron chi connectivity index (χ3n) is 4.73. The summed E-state index contributed by atoms with van der Waals surface area (Å²) in [5.41, 5.74) is 0.884. The normalized spacial score (nSPS) is 18.9. The fraction of sp³-hybridized carbons (Fsp3) is 0.286. The van der Waals surface area contributed by atoms with Crippen molar-refractivity contribution in [1.82, 2.24) is 15.5 Å². The smallest absolute Gasteiger partial charge is 0.256 e. The largest absolute Gasteiger partial charge is 0.353 e. The molecule has 1 atom stereocenters. The minimum Gasteiger partial charge on any atom is -0.353 e. The van der Waals surface area contributed by atoms with Crippen molar-refractivity contribution in [2.24, 2.45) is 0 Å². The Morgan fingerprint density at radius 1 is 1.18 bits per heavy atom. The predicted octanol–water partition coefficient (Wildman–Crippen LogP) is 2.71. The lowest BCUT2D eigenvalue weighted by Gasteiger charge is -2.22. The molecule has 2 aromatic rings. The highest BCUT2D eigenvalue weighted by Gasteiger charge is 2.45. The molecule has 7 heteroatoms. The molecule has 6 nitrogen and oxygen atoms in total. The van der Waals surface area contributed by atoms with E-state index >= 15 is 0 Å². The van der Waals surface area contributed by atoms with E-state index in [-0.39, 0.29) is 30.9 Å². The number of nitrogens with zero attached hydrogens (tertiary/aromatic N) is 1. The minimum absolute atomic E-state index is 0.0195. The van der Waals surface area contributed by atoms with E-state index in [0.717, 1.165) is 11.1 Å². The summed E-state index contributed by atoms with van der Waals surface area (Å²) in [5, 5.41) is 14.4. The van der Waals surface area contributed by atoms with Crippen LogP contribution < -0.4 is 10.6 Å². The lowest BCUT2D eigenvalue weighted by molar-refractivity contribution is -0.131. The van der Waals surface area contributed by atoms with E-state index in [1.807, 2.05) is 36.4 Å². The highest BCUT2D eigenvalue weighted by Crippen LogP contribution is 2.20. The number of carbonyl (C=O) groups excluding carboxylic acids is 2. The van der Waals surface area contributed by atoms with Gasteiger partial charge in [-0.15, -0.1) is 0 Å². The highest BCUT2D eigenvalue weighted by atomic mass is 35.5. The summed E-state index contributed by atoms with van der Waals surface area (Å²) in [5.74, 6) is -0.355. The lowest BCUT2D eigenvalue weighted by atomic mass is 10.0. The van der Waals surface area contributed by atoms with Crippen LogP contribution in [0.1, 0.15) is 24.5 Å². The monoisotopic (exact) mass is 398 g/mol. The molecule has 146 valence electrons. The number of aryl methyl sites for hydroxylation is 1. The van der Waals surface area contributed by atoms with Crippen LogP contribution in [0.3, 0.4) is 0 Å². The number of carbonyl (C=O) groups is 2. The molecule has 1 heterocycles. The average Bonchev–Trinajstić information content (AvgIpc) is 2.89. The molecule has 2 amide bonds. The van der Waals surface area contributed by atoms with Crippen molar-refractivity contribution >= 4 is 29.4 Å². The maximum atomic E-state index is 12.9. The van der Waals surface area contributed by atoms with E-state index in [2.05, 4.69) is 10.6 Å². The van der Waals surface area contributed by atoms with Gasteiger partial charge in [-0.3, -0.25) is 19.9 Å². The van der Waals surface area contributed by atoms with Crippen LogP contribution in [0.25, 0.3) is 0 Å². The molecule has 1 fully saturated rings. The van der Waals surface area contributed by atoms with Crippen molar-refractivity contribution in [1.29, 1.82) is 5.41 Å². The van der Waals surface area contributed by atoms with Crippen LogP contribution in [0.2, 0.25) is 5.02 Å². The van der Waals surface area contributed by atoms with E-state index in [1.54, 1.807) is 25.1 Å². The third-order valence-corrected chi connectivity index (χ3v) is 4.97. The molecule has 2 aromatic carbocycles. The molecule has 28 heavy (non-hydrogen) atoms. The minimum atomic E-state index is -1.04. The van der Waals surface area contributed by atoms with Gasteiger partial charge < -0.3 is 10.6 Å². The van der Waals surface area contributed by atoms with Crippen LogP contribution in [0.4, 0.5) is 0 Å². The second-order valence-electron chi connectivity index (χ2n) is 7.09. The summed E-state index contributed by atoms with van der Waals surface area (Å²) in [4.78, 5) is 26.4. The van der Waals surface area contributed by atoms with Gasteiger partial charge in [0, 0.05) is 18.0 Å². The molecule has 3 rings (SSSR count). The highest BCUT2D eigenvalue weighted by molar-refractivity contribution is 6.30. The van der Waals surface area contributed by atoms with E-state index in [1.165, 1.54) is 4.90 Å². The molecule has 0 aliphatic carbocycles. The third kappa shape index (κ3) is 4.70. The Balaban J connectivity index is 1.55. The maximum absolute atomic E-state index is 12.9. The van der Waals surface area contributed by atoms with Gasteiger partial charge in [0.25, 0.3) is 5.91 Å². The number of nitrogens with one attached hydrogen (secondary N) is 3. The quantitative estimate of drug-likeness (QED) is 0.670. The van der Waals surface area contributed by atoms with Gasteiger partial charge in [0.05, 0.1) is 6.54 Å². The Hall–Kier alpha value is -2.86. The molecule has 0 aromatic heterocycles. The zero-order chi connectivity index (χ0) is 20.1. The van der Waals surface area contributed by atoms with Gasteiger partial charge >= 0.3 is 0 Å². The molecular formula is C21H23ClN4O2. The SMILES string of the molecule is CC1(CNC(=O)CCc2ccccc2)NC(=N)N(Cc2cccc(Cl)c2)C1=O. The fourth-order valence-corrected chi connectivity index (χ4v) is 3.35. The van der Waals surface area contributed by atoms with E-state index < -0.39 is 5.54 Å². The van der Waals surface area contributed by atoms with Crippen LogP contribution >= 0.6 is 11.6 Å². The maximum Gasteiger partial charge on any atom is 0.256 e. The summed E-state index contributed by atoms with van der Waals surface area (Å²) in [7, 11) is 0. The Morgan fingerprint density at radius 3 is 2.61 bits per heavy atom. The van der Waals surface area contributed by atoms with Crippen LogP contribution in [0, 0.1) is 5.41 Å². The second-order valence-corrected chi connectivity index (χ2v) is 7.53. The molecule has 1 unspecified atom stereocenters. The zero-order valence-electron chi connectivity index (χ0n) is 15.7. The molecule has 0 spiro atoms. The zero-order valence-corrected chi connectivity index (χ0v) is 16.4. The van der Waals surface area contributed by atoms with Crippen molar-refractivity contribution in [3.63, 3.8) is 0 Å². The number of guanidine groups is 1. The molecule has 0 radical (unpaired) electrons. The van der Waals surface area contributed by atoms with Gasteiger partial charge in [-0.25, -0.2) is 0 Å². The van der Waals surface area contributed by atoms with Crippen molar-refractivity contribution in [3.8, 4) is 0 Å². The van der Waals surface area contributed by atoms with Gasteiger partial charge in [-0.2, -0.15) is 0 Å². The Morgan fingerprint density at radius 2 is 1.89 bits per heavy atom. The van der Waals surface area contributed by atoms with E-state index in [9.17, 15) is 9.59 Å². The summed E-state index contributed by atoms with van der Waals surface area (Å²) < 4.78 is 0. The molecule has 1 saturated heterocycles. The van der Waals surface area contributed by atoms with Crippen LogP contribution in [0.15, 0.2) is 54.6 Å². The average molecular weight is 399 g/mol. The molecule has 1 aliphatic rings. The summed E-state index contributed by atoms with van der Waals surface area (Å²) in [6.45, 7) is 2.07. The number of halogens is 1. The first kappa shape index (κ1) is 19.9. The number of benzene rings is 2. The van der Waals surface area contributed by atoms with Crippen LogP contribution in [-0.2, 0) is 22.6 Å². The predicted molar refractivity (Wildman–Crippen MR) is 109 cm³/mol. The summed E-state index contributed by atoms with van der Waals surface area (Å²) in [6.07, 6.45) is 0.986. The first-order chi connectivity index (χ1) is 13.4. The first-order valence-corrected chi connectivity index (χ1v) is 9.49. The van der Waals surface area contributed by atoms with E-state index in [0.29, 0.717) is 17.9 Å². The van der Waals surface area contributed by atoms with Crippen molar-refractivity contribution in [3.05, 3.63) is 70.7 Å². The molecule has 3 N–H and O–H groups in total. The van der Waals surface area contributed by atoms with Gasteiger partial charge in [-0.1, -0.05) is 54.1 Å². The molecule has 0 saturated carbocycles. The Kier molecular flexibility index (Phi) is 5.99. The van der Waals surface area contributed by atoms with Crippen LogP contribution in [-0.4, -0.2) is 34.8 Å². The molecule has 0 bridgehead atoms. The Bertz CT molecular complexity index is 887. The summed E-state index contributed by atoms with van der Waals surface area (Å²) >= 11 is 6.00. The van der Waals surface area contributed by atoms with Gasteiger partial charge in [-0.05, 0) is 36.6 Å². The number of hydrogen-bond donors (Lipinski definition) is 3. The first-order valence-electron chi connectivity index (χ1n) is 9.11. The number of amides is 2. The topological polar surface area (TPSA) is 85.3 Å². The van der Waals surface area contributed by atoms with E-state index in [4.69, 9.17) is 17.0 Å². The molecular weight excluding hydrogens is 376 g/mol. The van der Waals surface area contributed by atoms with Crippen LogP contribution in [0.5, 0.6) is 0 Å². The lowest BCUT2D eigenvalue weighted by Crippen LogP contribution is -2.53.